The first-order chi connectivity index (χ1) is 9.01. The average molecular weight is 273 g/mol. The lowest BCUT2D eigenvalue weighted by Gasteiger charge is -2.18. The minimum Gasteiger partial charge on any atom is -0.493 e. The number of hydrogen-bond donors (Lipinski definition) is 2. The van der Waals surface area contributed by atoms with Crippen molar-refractivity contribution in [2.75, 3.05) is 27.9 Å². The van der Waals surface area contributed by atoms with Crippen LogP contribution in [0.25, 0.3) is 0 Å². The maximum absolute atomic E-state index is 14.2. The monoisotopic (exact) mass is 273 g/mol. The summed E-state index contributed by atoms with van der Waals surface area (Å²) >= 11 is 0. The van der Waals surface area contributed by atoms with E-state index in [0.29, 0.717) is 0 Å². The van der Waals surface area contributed by atoms with Gasteiger partial charge >= 0.3 is 5.97 Å². The van der Waals surface area contributed by atoms with Gasteiger partial charge in [0.15, 0.2) is 11.5 Å². The minimum atomic E-state index is -1.17. The molecule has 0 heterocycles. The molecule has 0 bridgehead atoms. The number of carbonyl (C=O) groups is 1. The molecule has 1 aromatic rings. The Labute approximate surface area is 109 Å². The van der Waals surface area contributed by atoms with Crippen LogP contribution >= 0.6 is 0 Å². The summed E-state index contributed by atoms with van der Waals surface area (Å²) in [6, 6.07) is 1.35. The first-order valence-corrected chi connectivity index (χ1v) is 5.43. The van der Waals surface area contributed by atoms with Crippen LogP contribution in [0.4, 0.5) is 4.39 Å². The molecule has 0 spiro atoms. The third kappa shape index (κ3) is 2.70. The molecule has 0 radical (unpaired) electrons. The summed E-state index contributed by atoms with van der Waals surface area (Å²) in [5, 5.41) is 9.10. The Bertz CT molecular complexity index is 478. The second-order valence-electron chi connectivity index (χ2n) is 3.68. The normalized spacial score (nSPS) is 11.8. The topological polar surface area (TPSA) is 91.0 Å². The van der Waals surface area contributed by atoms with Gasteiger partial charge < -0.3 is 25.1 Å². The van der Waals surface area contributed by atoms with Crippen molar-refractivity contribution in [2.45, 2.75) is 5.92 Å². The number of carboxylic acid groups (broad SMARTS) is 1. The lowest BCUT2D eigenvalue weighted by Crippen LogP contribution is -2.22. The van der Waals surface area contributed by atoms with Crippen molar-refractivity contribution in [2.24, 2.45) is 5.73 Å². The number of halogens is 1. The summed E-state index contributed by atoms with van der Waals surface area (Å²) in [5.74, 6) is -3.37. The molecule has 1 aromatic carbocycles. The van der Waals surface area contributed by atoms with Crippen LogP contribution in [0.2, 0.25) is 0 Å². The zero-order valence-electron chi connectivity index (χ0n) is 10.9. The minimum absolute atomic E-state index is 0.0792. The van der Waals surface area contributed by atoms with Gasteiger partial charge in [0.1, 0.15) is 0 Å². The zero-order chi connectivity index (χ0) is 14.6. The predicted molar refractivity (Wildman–Crippen MR) is 65.5 cm³/mol. The Kier molecular flexibility index (Phi) is 4.94. The summed E-state index contributed by atoms with van der Waals surface area (Å²) in [7, 11) is 3.84. The number of ether oxygens (including phenoxy) is 3. The summed E-state index contributed by atoms with van der Waals surface area (Å²) in [5.41, 5.74) is 5.51. The van der Waals surface area contributed by atoms with Crippen LogP contribution < -0.4 is 19.9 Å². The summed E-state index contributed by atoms with van der Waals surface area (Å²) in [6.45, 7) is -0.194. The van der Waals surface area contributed by atoms with Gasteiger partial charge in [-0.3, -0.25) is 4.79 Å². The Morgan fingerprint density at radius 3 is 2.26 bits per heavy atom. The molecule has 19 heavy (non-hydrogen) atoms. The van der Waals surface area contributed by atoms with Crippen LogP contribution in [0.15, 0.2) is 6.07 Å². The Hall–Kier alpha value is -2.02. The molecular formula is C12H16FNO5. The summed E-state index contributed by atoms with van der Waals surface area (Å²) < 4.78 is 29.0. The highest BCUT2D eigenvalue weighted by atomic mass is 19.1. The molecule has 1 atom stereocenters. The van der Waals surface area contributed by atoms with E-state index in [9.17, 15) is 9.18 Å². The Morgan fingerprint density at radius 2 is 1.89 bits per heavy atom. The molecule has 106 valence electrons. The number of nitrogens with two attached hydrogens (primary N) is 1. The highest BCUT2D eigenvalue weighted by molar-refractivity contribution is 5.78. The molecule has 0 aliphatic carbocycles. The van der Waals surface area contributed by atoms with Crippen molar-refractivity contribution < 1.29 is 28.5 Å². The van der Waals surface area contributed by atoms with Crippen LogP contribution in [0.1, 0.15) is 11.5 Å². The average Bonchev–Trinajstić information content (AvgIpc) is 2.38. The molecule has 0 amide bonds. The first kappa shape index (κ1) is 15.0. The van der Waals surface area contributed by atoms with Gasteiger partial charge in [-0.1, -0.05) is 0 Å². The fraction of sp³-hybridized carbons (Fsp3) is 0.417. The quantitative estimate of drug-likeness (QED) is 0.802. The smallest absolute Gasteiger partial charge is 0.312 e. The second-order valence-corrected chi connectivity index (χ2v) is 3.68. The van der Waals surface area contributed by atoms with Crippen LogP contribution in [0.3, 0.4) is 0 Å². The second kappa shape index (κ2) is 6.24. The van der Waals surface area contributed by atoms with E-state index < -0.39 is 17.7 Å². The van der Waals surface area contributed by atoms with Crippen LogP contribution in [-0.2, 0) is 4.79 Å². The van der Waals surface area contributed by atoms with Crippen molar-refractivity contribution in [1.29, 1.82) is 0 Å². The Morgan fingerprint density at radius 1 is 1.32 bits per heavy atom. The van der Waals surface area contributed by atoms with E-state index in [1.807, 2.05) is 0 Å². The number of hydrogen-bond acceptors (Lipinski definition) is 5. The van der Waals surface area contributed by atoms with Crippen molar-refractivity contribution in [1.82, 2.24) is 0 Å². The van der Waals surface area contributed by atoms with E-state index >= 15 is 0 Å². The van der Waals surface area contributed by atoms with Gasteiger partial charge in [0.2, 0.25) is 11.6 Å². The van der Waals surface area contributed by atoms with Gasteiger partial charge in [-0.25, -0.2) is 0 Å². The molecule has 7 heteroatoms. The summed E-state index contributed by atoms with van der Waals surface area (Å²) in [6.07, 6.45) is 0. The van der Waals surface area contributed by atoms with Crippen LogP contribution in [0.5, 0.6) is 17.2 Å². The van der Waals surface area contributed by atoms with E-state index in [-0.39, 0.29) is 29.4 Å². The van der Waals surface area contributed by atoms with E-state index in [1.54, 1.807) is 0 Å². The highest BCUT2D eigenvalue weighted by Gasteiger charge is 2.28. The zero-order valence-corrected chi connectivity index (χ0v) is 10.9. The first-order valence-electron chi connectivity index (χ1n) is 5.43. The number of benzene rings is 1. The highest BCUT2D eigenvalue weighted by Crippen LogP contribution is 2.41. The standard InChI is InChI=1S/C12H16FNO5/c1-17-8-4-6(7(5-14)12(15)16)10(18-2)9(13)11(8)19-3/h4,7H,5,14H2,1-3H3,(H,15,16). The largest absolute Gasteiger partial charge is 0.493 e. The van der Waals surface area contributed by atoms with Crippen LogP contribution in [0, 0.1) is 5.82 Å². The molecule has 1 rings (SSSR count). The predicted octanol–water partition coefficient (Wildman–Crippen LogP) is 0.978. The Balaban J connectivity index is 3.54. The van der Waals surface area contributed by atoms with Gasteiger partial charge in [-0.2, -0.15) is 4.39 Å². The van der Waals surface area contributed by atoms with Gasteiger partial charge in [0, 0.05) is 12.1 Å². The van der Waals surface area contributed by atoms with E-state index in [1.165, 1.54) is 27.4 Å². The van der Waals surface area contributed by atoms with Gasteiger partial charge in [0.25, 0.3) is 0 Å². The molecule has 0 aliphatic rings. The maximum Gasteiger partial charge on any atom is 0.312 e. The van der Waals surface area contributed by atoms with E-state index in [4.69, 9.17) is 25.1 Å². The lowest BCUT2D eigenvalue weighted by atomic mass is 9.97. The lowest BCUT2D eigenvalue weighted by molar-refractivity contribution is -0.138. The number of carboxylic acids is 1. The molecule has 0 aliphatic heterocycles. The van der Waals surface area contributed by atoms with Crippen LogP contribution in [-0.4, -0.2) is 38.9 Å². The molecule has 6 nitrogen and oxygen atoms in total. The molecule has 0 aromatic heterocycles. The molecule has 0 saturated heterocycles. The van der Waals surface area contributed by atoms with Crippen molar-refractivity contribution in [3.63, 3.8) is 0 Å². The number of rotatable bonds is 6. The molecule has 3 N–H and O–H groups in total. The fourth-order valence-corrected chi connectivity index (χ4v) is 1.78. The maximum atomic E-state index is 14.2. The van der Waals surface area contributed by atoms with Gasteiger partial charge in [0.05, 0.1) is 27.2 Å². The number of methoxy groups -OCH3 is 3. The molecular weight excluding hydrogens is 257 g/mol. The van der Waals surface area contributed by atoms with E-state index in [2.05, 4.69) is 0 Å². The van der Waals surface area contributed by atoms with Gasteiger partial charge in [-0.05, 0) is 6.07 Å². The molecule has 1 unspecified atom stereocenters. The van der Waals surface area contributed by atoms with Crippen molar-refractivity contribution >= 4 is 5.97 Å². The van der Waals surface area contributed by atoms with E-state index in [0.717, 1.165) is 0 Å². The molecule has 0 fully saturated rings. The van der Waals surface area contributed by atoms with Gasteiger partial charge in [-0.15, -0.1) is 0 Å². The van der Waals surface area contributed by atoms with Crippen molar-refractivity contribution in [3.05, 3.63) is 17.4 Å². The molecule has 0 saturated carbocycles. The van der Waals surface area contributed by atoms with Crippen molar-refractivity contribution in [3.8, 4) is 17.2 Å². The SMILES string of the molecule is COc1cc(C(CN)C(=O)O)c(OC)c(F)c1OC. The number of aliphatic carboxylic acids is 1. The third-order valence-corrected chi connectivity index (χ3v) is 2.71. The third-order valence-electron chi connectivity index (χ3n) is 2.71. The fourth-order valence-electron chi connectivity index (χ4n) is 1.78. The summed E-state index contributed by atoms with van der Waals surface area (Å²) in [4.78, 5) is 11.1.